The lowest BCUT2D eigenvalue weighted by molar-refractivity contribution is 0.101. The number of carbonyl (C=O) groups is 1. The predicted molar refractivity (Wildman–Crippen MR) is 66.7 cm³/mol. The summed E-state index contributed by atoms with van der Waals surface area (Å²) in [4.78, 5) is 11.4. The number of Topliss-reactive ketones (excluding diaryl/α,β-unsaturated/α-hetero) is 1. The fraction of sp³-hybridized carbons (Fsp3) is 0.286. The minimum atomic E-state index is -0.463. The zero-order valence-electron chi connectivity index (χ0n) is 11.0. The Kier molecular flexibility index (Phi) is 3.64. The summed E-state index contributed by atoms with van der Waals surface area (Å²) in [5.74, 6) is 0.320. The molecule has 1 heterocycles. The summed E-state index contributed by atoms with van der Waals surface area (Å²) in [7, 11) is 0. The molecule has 2 rings (SSSR count). The van der Waals surface area contributed by atoms with E-state index in [1.165, 1.54) is 25.1 Å². The van der Waals surface area contributed by atoms with E-state index in [-0.39, 0.29) is 18.0 Å². The molecule has 0 atom stereocenters. The Hall–Kier alpha value is -2.17. The maximum absolute atomic E-state index is 13.1. The topological polar surface area (TPSA) is 52.3 Å². The molecule has 0 aliphatic carbocycles. The van der Waals surface area contributed by atoms with Gasteiger partial charge in [0.25, 0.3) is 0 Å². The average Bonchev–Trinajstić information content (AvgIpc) is 2.68. The quantitative estimate of drug-likeness (QED) is 0.795. The summed E-state index contributed by atoms with van der Waals surface area (Å²) in [6.07, 6.45) is 0. The molecule has 100 valence electrons. The van der Waals surface area contributed by atoms with Gasteiger partial charge in [0.2, 0.25) is 0 Å². The first-order valence-electron chi connectivity index (χ1n) is 5.84. The molecule has 0 saturated heterocycles. The number of hydrogen-bond acceptors (Lipinski definition) is 4. The lowest BCUT2D eigenvalue weighted by Crippen LogP contribution is -2.03. The van der Waals surface area contributed by atoms with Crippen LogP contribution < -0.4 is 4.74 Å². The number of benzene rings is 1. The molecule has 0 aliphatic rings. The Morgan fingerprint density at radius 2 is 2.16 bits per heavy atom. The van der Waals surface area contributed by atoms with Crippen molar-refractivity contribution < 1.29 is 18.4 Å². The van der Waals surface area contributed by atoms with E-state index < -0.39 is 5.82 Å². The van der Waals surface area contributed by atoms with Crippen molar-refractivity contribution in [2.24, 2.45) is 0 Å². The molecule has 5 heteroatoms. The van der Waals surface area contributed by atoms with Crippen LogP contribution in [0.1, 0.15) is 34.3 Å². The molecule has 1 aromatic heterocycles. The Labute approximate surface area is 110 Å². The number of halogens is 1. The second-order valence-corrected chi connectivity index (χ2v) is 4.29. The van der Waals surface area contributed by atoms with Gasteiger partial charge in [-0.05, 0) is 39.0 Å². The number of carbonyl (C=O) groups excluding carboxylic acids is 1. The van der Waals surface area contributed by atoms with Gasteiger partial charge in [0, 0.05) is 0 Å². The first-order valence-corrected chi connectivity index (χ1v) is 5.84. The molecule has 19 heavy (non-hydrogen) atoms. The lowest BCUT2D eigenvalue weighted by atomic mass is 10.1. The first kappa shape index (κ1) is 13.3. The maximum atomic E-state index is 13.1. The van der Waals surface area contributed by atoms with E-state index in [0.29, 0.717) is 11.5 Å². The third-order valence-electron chi connectivity index (χ3n) is 2.87. The van der Waals surface area contributed by atoms with Crippen LogP contribution in [-0.2, 0) is 6.61 Å². The largest absolute Gasteiger partial charge is 0.488 e. The third kappa shape index (κ3) is 2.81. The summed E-state index contributed by atoms with van der Waals surface area (Å²) >= 11 is 0. The number of aromatic nitrogens is 1. The van der Waals surface area contributed by atoms with Crippen molar-refractivity contribution in [1.82, 2.24) is 5.16 Å². The van der Waals surface area contributed by atoms with E-state index in [0.717, 1.165) is 11.3 Å². The molecule has 0 aliphatic heterocycles. The Balaban J connectivity index is 2.23. The second-order valence-electron chi connectivity index (χ2n) is 4.29. The van der Waals surface area contributed by atoms with Gasteiger partial charge >= 0.3 is 0 Å². The fourth-order valence-electron chi connectivity index (χ4n) is 1.76. The zero-order valence-corrected chi connectivity index (χ0v) is 11.0. The summed E-state index contributed by atoms with van der Waals surface area (Å²) < 4.78 is 23.7. The molecule has 1 aromatic carbocycles. The Morgan fingerprint density at radius 1 is 1.42 bits per heavy atom. The fourth-order valence-corrected chi connectivity index (χ4v) is 1.76. The van der Waals surface area contributed by atoms with Gasteiger partial charge < -0.3 is 9.26 Å². The molecule has 0 fully saturated rings. The number of nitrogens with zero attached hydrogens (tertiary/aromatic N) is 1. The average molecular weight is 263 g/mol. The second kappa shape index (κ2) is 5.22. The Bertz CT molecular complexity index is 600. The van der Waals surface area contributed by atoms with Crippen molar-refractivity contribution in [2.75, 3.05) is 0 Å². The Morgan fingerprint density at radius 3 is 2.74 bits per heavy atom. The third-order valence-corrected chi connectivity index (χ3v) is 2.87. The molecular weight excluding hydrogens is 249 g/mol. The van der Waals surface area contributed by atoms with Crippen molar-refractivity contribution in [3.05, 3.63) is 46.6 Å². The van der Waals surface area contributed by atoms with E-state index in [1.54, 1.807) is 6.92 Å². The molecular formula is C14H14FNO3. The van der Waals surface area contributed by atoms with Gasteiger partial charge in [-0.25, -0.2) is 4.39 Å². The van der Waals surface area contributed by atoms with E-state index in [9.17, 15) is 9.18 Å². The van der Waals surface area contributed by atoms with Crippen LogP contribution in [0.25, 0.3) is 0 Å². The van der Waals surface area contributed by atoms with Crippen LogP contribution in [0.2, 0.25) is 0 Å². The van der Waals surface area contributed by atoms with Crippen LogP contribution in [0, 0.1) is 19.7 Å². The SMILES string of the molecule is CC(=O)c1cc(F)ccc1OCc1c(C)noc1C. The van der Waals surface area contributed by atoms with Crippen molar-refractivity contribution >= 4 is 5.78 Å². The highest BCUT2D eigenvalue weighted by Gasteiger charge is 2.13. The van der Waals surface area contributed by atoms with Gasteiger partial charge in [-0.15, -0.1) is 0 Å². The van der Waals surface area contributed by atoms with Crippen molar-refractivity contribution in [3.8, 4) is 5.75 Å². The normalized spacial score (nSPS) is 10.5. The molecule has 0 spiro atoms. The van der Waals surface area contributed by atoms with Crippen LogP contribution in [0.4, 0.5) is 4.39 Å². The molecule has 2 aromatic rings. The maximum Gasteiger partial charge on any atom is 0.163 e. The van der Waals surface area contributed by atoms with E-state index >= 15 is 0 Å². The molecule has 0 N–H and O–H groups in total. The van der Waals surface area contributed by atoms with Gasteiger partial charge in [0.1, 0.15) is 23.9 Å². The number of hydrogen-bond donors (Lipinski definition) is 0. The lowest BCUT2D eigenvalue weighted by Gasteiger charge is -2.09. The predicted octanol–water partition coefficient (Wildman–Crippen LogP) is 3.21. The van der Waals surface area contributed by atoms with Crippen LogP contribution in [-0.4, -0.2) is 10.9 Å². The highest BCUT2D eigenvalue weighted by molar-refractivity contribution is 5.96. The monoisotopic (exact) mass is 263 g/mol. The van der Waals surface area contributed by atoms with Crippen LogP contribution >= 0.6 is 0 Å². The number of ketones is 1. The summed E-state index contributed by atoms with van der Waals surface area (Å²) in [5.41, 5.74) is 1.80. The van der Waals surface area contributed by atoms with Gasteiger partial charge in [0.15, 0.2) is 5.78 Å². The van der Waals surface area contributed by atoms with Gasteiger partial charge in [-0.1, -0.05) is 5.16 Å². The minimum Gasteiger partial charge on any atom is -0.488 e. The smallest absolute Gasteiger partial charge is 0.163 e. The highest BCUT2D eigenvalue weighted by atomic mass is 19.1. The van der Waals surface area contributed by atoms with Gasteiger partial charge in [0.05, 0.1) is 16.8 Å². The van der Waals surface area contributed by atoms with Crippen LogP contribution in [0.5, 0.6) is 5.75 Å². The van der Waals surface area contributed by atoms with Crippen LogP contribution in [0.15, 0.2) is 22.7 Å². The first-order chi connectivity index (χ1) is 8.99. The number of aryl methyl sites for hydroxylation is 2. The van der Waals surface area contributed by atoms with Crippen LogP contribution in [0.3, 0.4) is 0 Å². The van der Waals surface area contributed by atoms with Crippen molar-refractivity contribution in [3.63, 3.8) is 0 Å². The number of ether oxygens (including phenoxy) is 1. The standard InChI is InChI=1S/C14H14FNO3/c1-8-13(10(3)19-16-8)7-18-14-5-4-11(15)6-12(14)9(2)17/h4-6H,7H2,1-3H3. The molecule has 4 nitrogen and oxygen atoms in total. The van der Waals surface area contributed by atoms with E-state index in [4.69, 9.17) is 9.26 Å². The molecule has 0 amide bonds. The molecule has 0 unspecified atom stereocenters. The summed E-state index contributed by atoms with van der Waals surface area (Å²) in [6.45, 7) is 5.20. The van der Waals surface area contributed by atoms with E-state index in [2.05, 4.69) is 5.16 Å². The zero-order chi connectivity index (χ0) is 14.0. The highest BCUT2D eigenvalue weighted by Crippen LogP contribution is 2.23. The van der Waals surface area contributed by atoms with Gasteiger partial charge in [-0.2, -0.15) is 0 Å². The minimum absolute atomic E-state index is 0.228. The summed E-state index contributed by atoms with van der Waals surface area (Å²) in [5, 5.41) is 3.82. The number of rotatable bonds is 4. The van der Waals surface area contributed by atoms with Crippen molar-refractivity contribution in [2.45, 2.75) is 27.4 Å². The van der Waals surface area contributed by atoms with Gasteiger partial charge in [-0.3, -0.25) is 4.79 Å². The van der Waals surface area contributed by atoms with Crippen molar-refractivity contribution in [1.29, 1.82) is 0 Å². The molecule has 0 radical (unpaired) electrons. The van der Waals surface area contributed by atoms with E-state index in [1.807, 2.05) is 6.92 Å². The molecule has 0 saturated carbocycles. The summed E-state index contributed by atoms with van der Waals surface area (Å²) in [6, 6.07) is 3.88. The molecule has 0 bridgehead atoms.